The molecule has 2 N–H and O–H groups in total. The molecule has 0 fully saturated rings. The third-order valence-electron chi connectivity index (χ3n) is 3.02. The van der Waals surface area contributed by atoms with Gasteiger partial charge in [0.1, 0.15) is 5.82 Å². The van der Waals surface area contributed by atoms with Crippen LogP contribution in [0.5, 0.6) is 0 Å². The Kier molecular flexibility index (Phi) is 3.70. The van der Waals surface area contributed by atoms with Crippen LogP contribution < -0.4 is 5.14 Å². The topological polar surface area (TPSA) is 95.8 Å². The first-order chi connectivity index (χ1) is 9.18. The summed E-state index contributed by atoms with van der Waals surface area (Å²) < 4.78 is 26.4. The Balaban J connectivity index is 2.45. The number of primary sulfonamides is 1. The summed E-state index contributed by atoms with van der Waals surface area (Å²) in [5, 5.41) is 9.33. The maximum absolute atomic E-state index is 11.4. The Morgan fingerprint density at radius 3 is 2.50 bits per heavy atom. The molecular formula is C12H19N5O2S. The quantitative estimate of drug-likeness (QED) is 0.900. The highest BCUT2D eigenvalue weighted by atomic mass is 32.2. The molecule has 0 saturated heterocycles. The predicted molar refractivity (Wildman–Crippen MR) is 74.7 cm³/mol. The fourth-order valence-electron chi connectivity index (χ4n) is 2.12. The highest BCUT2D eigenvalue weighted by Gasteiger charge is 2.19. The Morgan fingerprint density at radius 1 is 1.40 bits per heavy atom. The highest BCUT2D eigenvalue weighted by molar-refractivity contribution is 7.89. The summed E-state index contributed by atoms with van der Waals surface area (Å²) in [6.45, 7) is 6.34. The number of hydrogen-bond acceptors (Lipinski definition) is 4. The third-order valence-corrected chi connectivity index (χ3v) is 3.80. The standard InChI is InChI=1S/C12H19N5O2S/c1-8(2)12-14-11(20(13,18)19)7-17(12)6-10-5-9(3)15-16(10)4/h5,7-8H,6H2,1-4H3,(H2,13,18,19). The Hall–Kier alpha value is -1.67. The van der Waals surface area contributed by atoms with Gasteiger partial charge in [0, 0.05) is 19.2 Å². The van der Waals surface area contributed by atoms with E-state index in [-0.39, 0.29) is 10.9 Å². The molecule has 0 radical (unpaired) electrons. The zero-order valence-corrected chi connectivity index (χ0v) is 12.8. The lowest BCUT2D eigenvalue weighted by Gasteiger charge is -2.09. The summed E-state index contributed by atoms with van der Waals surface area (Å²) in [6, 6.07) is 1.96. The van der Waals surface area contributed by atoms with E-state index in [0.717, 1.165) is 11.4 Å². The second-order valence-electron chi connectivity index (χ2n) is 5.17. The number of aromatic nitrogens is 4. The largest absolute Gasteiger partial charge is 0.327 e. The van der Waals surface area contributed by atoms with Gasteiger partial charge in [0.2, 0.25) is 0 Å². The van der Waals surface area contributed by atoms with Crippen molar-refractivity contribution < 1.29 is 8.42 Å². The minimum atomic E-state index is -3.79. The molecule has 2 aromatic heterocycles. The van der Waals surface area contributed by atoms with Gasteiger partial charge in [-0.25, -0.2) is 18.5 Å². The summed E-state index contributed by atoms with van der Waals surface area (Å²) in [5.74, 6) is 0.785. The molecule has 0 aliphatic carbocycles. The van der Waals surface area contributed by atoms with Crippen molar-refractivity contribution in [2.75, 3.05) is 0 Å². The summed E-state index contributed by atoms with van der Waals surface area (Å²) in [5.41, 5.74) is 1.89. The molecule has 20 heavy (non-hydrogen) atoms. The lowest BCUT2D eigenvalue weighted by molar-refractivity contribution is 0.594. The Morgan fingerprint density at radius 2 is 2.05 bits per heavy atom. The van der Waals surface area contributed by atoms with E-state index in [9.17, 15) is 8.42 Å². The number of rotatable bonds is 4. The summed E-state index contributed by atoms with van der Waals surface area (Å²) in [4.78, 5) is 4.13. The molecule has 2 aromatic rings. The van der Waals surface area contributed by atoms with Crippen LogP contribution in [0.15, 0.2) is 17.3 Å². The molecule has 0 unspecified atom stereocenters. The van der Waals surface area contributed by atoms with Crippen molar-refractivity contribution >= 4 is 10.0 Å². The first-order valence-electron chi connectivity index (χ1n) is 6.28. The Bertz CT molecular complexity index is 727. The lowest BCUT2D eigenvalue weighted by Crippen LogP contribution is -2.12. The van der Waals surface area contributed by atoms with Gasteiger partial charge in [-0.05, 0) is 13.0 Å². The van der Waals surface area contributed by atoms with Crippen LogP contribution in [0, 0.1) is 6.92 Å². The number of aryl methyl sites for hydroxylation is 2. The molecule has 2 rings (SSSR count). The van der Waals surface area contributed by atoms with Gasteiger partial charge in [0.05, 0.1) is 17.9 Å². The van der Waals surface area contributed by atoms with Crippen LogP contribution in [0.3, 0.4) is 0 Å². The zero-order chi connectivity index (χ0) is 15.1. The monoisotopic (exact) mass is 297 g/mol. The van der Waals surface area contributed by atoms with E-state index in [2.05, 4.69) is 10.1 Å². The molecule has 8 heteroatoms. The molecule has 0 atom stereocenters. The van der Waals surface area contributed by atoms with Crippen LogP contribution in [0.2, 0.25) is 0 Å². The molecule has 7 nitrogen and oxygen atoms in total. The van der Waals surface area contributed by atoms with Gasteiger partial charge in [-0.15, -0.1) is 0 Å². The summed E-state index contributed by atoms with van der Waals surface area (Å²) >= 11 is 0. The maximum atomic E-state index is 11.4. The van der Waals surface area contributed by atoms with Gasteiger partial charge >= 0.3 is 0 Å². The molecule has 0 spiro atoms. The van der Waals surface area contributed by atoms with E-state index in [4.69, 9.17) is 5.14 Å². The molecule has 0 aliphatic rings. The van der Waals surface area contributed by atoms with Crippen LogP contribution in [0.4, 0.5) is 0 Å². The van der Waals surface area contributed by atoms with E-state index in [1.54, 1.807) is 9.25 Å². The minimum absolute atomic E-state index is 0.0971. The fraction of sp³-hybridized carbons (Fsp3) is 0.500. The average Bonchev–Trinajstić information content (AvgIpc) is 2.83. The van der Waals surface area contributed by atoms with Gasteiger partial charge in [0.25, 0.3) is 10.0 Å². The van der Waals surface area contributed by atoms with Crippen LogP contribution in [0.25, 0.3) is 0 Å². The predicted octanol–water partition coefficient (Wildman–Crippen LogP) is 0.744. The molecule has 0 aromatic carbocycles. The van der Waals surface area contributed by atoms with Gasteiger partial charge in [-0.1, -0.05) is 13.8 Å². The van der Waals surface area contributed by atoms with E-state index in [1.165, 1.54) is 6.20 Å². The van der Waals surface area contributed by atoms with Crippen molar-refractivity contribution in [3.63, 3.8) is 0 Å². The van der Waals surface area contributed by atoms with Crippen LogP contribution in [-0.2, 0) is 23.6 Å². The summed E-state index contributed by atoms with van der Waals surface area (Å²) in [6.07, 6.45) is 1.48. The van der Waals surface area contributed by atoms with Gasteiger partial charge in [0.15, 0.2) is 5.03 Å². The molecule has 2 heterocycles. The molecule has 0 aliphatic heterocycles. The average molecular weight is 297 g/mol. The number of hydrogen-bond donors (Lipinski definition) is 1. The van der Waals surface area contributed by atoms with Crippen molar-refractivity contribution in [1.82, 2.24) is 19.3 Å². The van der Waals surface area contributed by atoms with Crippen molar-refractivity contribution in [3.05, 3.63) is 29.5 Å². The number of nitrogens with two attached hydrogens (primary N) is 1. The minimum Gasteiger partial charge on any atom is -0.327 e. The smallest absolute Gasteiger partial charge is 0.257 e. The third kappa shape index (κ3) is 2.91. The van der Waals surface area contributed by atoms with E-state index < -0.39 is 10.0 Å². The zero-order valence-electron chi connectivity index (χ0n) is 12.0. The van der Waals surface area contributed by atoms with Gasteiger partial charge in [-0.3, -0.25) is 4.68 Å². The number of imidazole rings is 1. The number of sulfonamides is 1. The molecule has 110 valence electrons. The van der Waals surface area contributed by atoms with Gasteiger partial charge < -0.3 is 4.57 Å². The Labute approximate surface area is 118 Å². The van der Waals surface area contributed by atoms with E-state index in [1.807, 2.05) is 33.9 Å². The fourth-order valence-corrected chi connectivity index (χ4v) is 2.61. The van der Waals surface area contributed by atoms with Crippen LogP contribution >= 0.6 is 0 Å². The number of nitrogens with zero attached hydrogens (tertiary/aromatic N) is 4. The second kappa shape index (κ2) is 5.02. The van der Waals surface area contributed by atoms with Gasteiger partial charge in [-0.2, -0.15) is 5.10 Å². The second-order valence-corrected chi connectivity index (χ2v) is 6.67. The van der Waals surface area contributed by atoms with Crippen molar-refractivity contribution in [2.24, 2.45) is 12.2 Å². The highest BCUT2D eigenvalue weighted by Crippen LogP contribution is 2.18. The van der Waals surface area contributed by atoms with E-state index >= 15 is 0 Å². The SMILES string of the molecule is Cc1cc(Cn2cc(S(N)(=O)=O)nc2C(C)C)n(C)n1. The lowest BCUT2D eigenvalue weighted by atomic mass is 10.2. The normalized spacial score (nSPS) is 12.3. The van der Waals surface area contributed by atoms with Crippen LogP contribution in [0.1, 0.15) is 37.0 Å². The molecular weight excluding hydrogens is 278 g/mol. The van der Waals surface area contributed by atoms with Crippen molar-refractivity contribution in [2.45, 2.75) is 38.3 Å². The first kappa shape index (κ1) is 14.7. The molecule has 0 amide bonds. The van der Waals surface area contributed by atoms with Crippen molar-refractivity contribution in [3.8, 4) is 0 Å². The molecule has 0 saturated carbocycles. The van der Waals surface area contributed by atoms with Crippen LogP contribution in [-0.4, -0.2) is 27.7 Å². The van der Waals surface area contributed by atoms with E-state index in [0.29, 0.717) is 12.4 Å². The molecule has 0 bridgehead atoms. The first-order valence-corrected chi connectivity index (χ1v) is 7.82. The van der Waals surface area contributed by atoms with Crippen molar-refractivity contribution in [1.29, 1.82) is 0 Å². The maximum Gasteiger partial charge on any atom is 0.257 e. The summed E-state index contributed by atoms with van der Waals surface area (Å²) in [7, 11) is -1.93.